The quantitative estimate of drug-likeness (QED) is 0.745. The first-order valence-electron chi connectivity index (χ1n) is 5.84. The van der Waals surface area contributed by atoms with E-state index < -0.39 is 0 Å². The number of rotatable bonds is 5. The van der Waals surface area contributed by atoms with Crippen LogP contribution in [0, 0.1) is 12.7 Å². The van der Waals surface area contributed by atoms with Gasteiger partial charge in [0.05, 0.1) is 0 Å². The van der Waals surface area contributed by atoms with Crippen molar-refractivity contribution in [1.82, 2.24) is 5.32 Å². The van der Waals surface area contributed by atoms with Crippen molar-refractivity contribution in [2.45, 2.75) is 31.7 Å². The lowest BCUT2D eigenvalue weighted by atomic mass is 10.1. The molecule has 0 spiro atoms. The van der Waals surface area contributed by atoms with E-state index in [0.29, 0.717) is 0 Å². The Morgan fingerprint density at radius 1 is 1.44 bits per heavy atom. The van der Waals surface area contributed by atoms with Gasteiger partial charge in [-0.05, 0) is 49.9 Å². The third-order valence-corrected chi connectivity index (χ3v) is 3.18. The van der Waals surface area contributed by atoms with Crippen LogP contribution in [0.15, 0.2) is 18.2 Å². The van der Waals surface area contributed by atoms with Crippen LogP contribution in [0.4, 0.5) is 4.39 Å². The number of halogens is 1. The Bertz CT molecular complexity index is 372. The van der Waals surface area contributed by atoms with Gasteiger partial charge < -0.3 is 11.1 Å². The topological polar surface area (TPSA) is 38.0 Å². The molecular weight excluding hydrogens is 203 g/mol. The van der Waals surface area contributed by atoms with Gasteiger partial charge in [-0.3, -0.25) is 0 Å². The Hall–Kier alpha value is -0.930. The number of nitrogens with one attached hydrogen (secondary N) is 1. The number of benzene rings is 1. The predicted molar refractivity (Wildman–Crippen MR) is 63.9 cm³/mol. The lowest BCUT2D eigenvalue weighted by molar-refractivity contribution is 0.570. The molecule has 1 aromatic rings. The Labute approximate surface area is 96.0 Å². The molecule has 0 atom stereocenters. The van der Waals surface area contributed by atoms with Crippen LogP contribution in [-0.2, 0) is 6.42 Å². The molecule has 0 saturated heterocycles. The van der Waals surface area contributed by atoms with Crippen LogP contribution in [-0.4, -0.2) is 18.6 Å². The van der Waals surface area contributed by atoms with Crippen molar-refractivity contribution in [3.8, 4) is 0 Å². The maximum absolute atomic E-state index is 13.0. The van der Waals surface area contributed by atoms with Crippen molar-refractivity contribution in [1.29, 1.82) is 0 Å². The van der Waals surface area contributed by atoms with Gasteiger partial charge in [-0.25, -0.2) is 4.39 Å². The highest BCUT2D eigenvalue weighted by Crippen LogP contribution is 2.30. The Morgan fingerprint density at radius 2 is 2.19 bits per heavy atom. The SMILES string of the molecule is Cc1cc(CCNCC2(N)CC2)ccc1F. The molecule has 0 heterocycles. The van der Waals surface area contributed by atoms with Gasteiger partial charge in [0.2, 0.25) is 0 Å². The minimum atomic E-state index is -0.129. The monoisotopic (exact) mass is 222 g/mol. The highest BCUT2D eigenvalue weighted by molar-refractivity contribution is 5.24. The Morgan fingerprint density at radius 3 is 2.81 bits per heavy atom. The molecule has 1 saturated carbocycles. The molecule has 1 fully saturated rings. The fourth-order valence-electron chi connectivity index (χ4n) is 1.77. The number of hydrogen-bond donors (Lipinski definition) is 2. The molecule has 88 valence electrons. The van der Waals surface area contributed by atoms with E-state index >= 15 is 0 Å². The molecule has 0 aromatic heterocycles. The highest BCUT2D eigenvalue weighted by atomic mass is 19.1. The summed E-state index contributed by atoms with van der Waals surface area (Å²) in [6.45, 7) is 3.60. The van der Waals surface area contributed by atoms with E-state index in [4.69, 9.17) is 5.73 Å². The van der Waals surface area contributed by atoms with Crippen molar-refractivity contribution in [2.75, 3.05) is 13.1 Å². The summed E-state index contributed by atoms with van der Waals surface area (Å²) >= 11 is 0. The second kappa shape index (κ2) is 4.52. The van der Waals surface area contributed by atoms with Crippen LogP contribution < -0.4 is 11.1 Å². The molecule has 3 heteroatoms. The van der Waals surface area contributed by atoms with Gasteiger partial charge in [-0.15, -0.1) is 0 Å². The molecule has 0 amide bonds. The van der Waals surface area contributed by atoms with Gasteiger partial charge in [0.25, 0.3) is 0 Å². The largest absolute Gasteiger partial charge is 0.324 e. The number of nitrogens with two attached hydrogens (primary N) is 1. The summed E-state index contributed by atoms with van der Waals surface area (Å²) < 4.78 is 13.0. The molecule has 1 aliphatic carbocycles. The standard InChI is InChI=1S/C13H19FN2/c1-10-8-11(2-3-12(10)14)4-7-16-9-13(15)5-6-13/h2-3,8,16H,4-7,9,15H2,1H3. The third-order valence-electron chi connectivity index (χ3n) is 3.18. The summed E-state index contributed by atoms with van der Waals surface area (Å²) in [6, 6.07) is 5.29. The minimum Gasteiger partial charge on any atom is -0.324 e. The average molecular weight is 222 g/mol. The molecule has 0 aliphatic heterocycles. The second-order valence-electron chi connectivity index (χ2n) is 4.87. The van der Waals surface area contributed by atoms with Gasteiger partial charge >= 0.3 is 0 Å². The molecule has 3 N–H and O–H groups in total. The molecule has 0 unspecified atom stereocenters. The van der Waals surface area contributed by atoms with E-state index in [9.17, 15) is 4.39 Å². The Kier molecular flexibility index (Phi) is 3.26. The van der Waals surface area contributed by atoms with Gasteiger partial charge in [0.1, 0.15) is 5.82 Å². The normalized spacial score (nSPS) is 17.4. The summed E-state index contributed by atoms with van der Waals surface area (Å²) in [5.74, 6) is -0.129. The zero-order valence-electron chi connectivity index (χ0n) is 9.72. The summed E-state index contributed by atoms with van der Waals surface area (Å²) in [4.78, 5) is 0. The van der Waals surface area contributed by atoms with Gasteiger partial charge in [-0.1, -0.05) is 12.1 Å². The summed E-state index contributed by atoms with van der Waals surface area (Å²) in [5, 5.41) is 3.35. The van der Waals surface area contributed by atoms with E-state index in [1.165, 1.54) is 11.6 Å². The highest BCUT2D eigenvalue weighted by Gasteiger charge is 2.37. The number of aryl methyl sites for hydroxylation is 1. The van der Waals surface area contributed by atoms with E-state index in [-0.39, 0.29) is 11.4 Å². The van der Waals surface area contributed by atoms with Gasteiger partial charge in [-0.2, -0.15) is 0 Å². The maximum Gasteiger partial charge on any atom is 0.126 e. The zero-order valence-corrected chi connectivity index (χ0v) is 9.72. The van der Waals surface area contributed by atoms with Gasteiger partial charge in [0, 0.05) is 12.1 Å². The molecule has 16 heavy (non-hydrogen) atoms. The van der Waals surface area contributed by atoms with Crippen LogP contribution in [0.5, 0.6) is 0 Å². The first-order chi connectivity index (χ1) is 7.59. The van der Waals surface area contributed by atoms with E-state index in [2.05, 4.69) is 5.32 Å². The number of hydrogen-bond acceptors (Lipinski definition) is 2. The fraction of sp³-hybridized carbons (Fsp3) is 0.538. The van der Waals surface area contributed by atoms with Crippen molar-refractivity contribution < 1.29 is 4.39 Å². The van der Waals surface area contributed by atoms with Crippen LogP contribution in [0.1, 0.15) is 24.0 Å². The first-order valence-corrected chi connectivity index (χ1v) is 5.84. The molecule has 1 aromatic carbocycles. The lowest BCUT2D eigenvalue weighted by Gasteiger charge is -2.10. The minimum absolute atomic E-state index is 0.0682. The zero-order chi connectivity index (χ0) is 11.6. The van der Waals surface area contributed by atoms with Crippen LogP contribution in [0.3, 0.4) is 0 Å². The first kappa shape index (κ1) is 11.6. The second-order valence-corrected chi connectivity index (χ2v) is 4.87. The molecular formula is C13H19FN2. The van der Waals surface area contributed by atoms with Crippen molar-refractivity contribution in [2.24, 2.45) is 5.73 Å². The predicted octanol–water partition coefficient (Wildman–Crippen LogP) is 1.76. The van der Waals surface area contributed by atoms with Crippen LogP contribution in [0.25, 0.3) is 0 Å². The summed E-state index contributed by atoms with van der Waals surface area (Å²) in [7, 11) is 0. The molecule has 2 nitrogen and oxygen atoms in total. The Balaban J connectivity index is 1.74. The summed E-state index contributed by atoms with van der Waals surface area (Å²) in [5.41, 5.74) is 7.92. The van der Waals surface area contributed by atoms with E-state index in [1.807, 2.05) is 12.1 Å². The molecule has 1 aliphatic rings. The van der Waals surface area contributed by atoms with Crippen LogP contribution >= 0.6 is 0 Å². The summed E-state index contributed by atoms with van der Waals surface area (Å²) in [6.07, 6.45) is 3.20. The maximum atomic E-state index is 13.0. The molecule has 0 bridgehead atoms. The average Bonchev–Trinajstić information content (AvgIpc) is 2.97. The molecule has 2 rings (SSSR count). The lowest BCUT2D eigenvalue weighted by Crippen LogP contribution is -2.36. The van der Waals surface area contributed by atoms with Crippen molar-refractivity contribution in [3.05, 3.63) is 35.1 Å². The van der Waals surface area contributed by atoms with Crippen molar-refractivity contribution in [3.63, 3.8) is 0 Å². The third kappa shape index (κ3) is 3.03. The van der Waals surface area contributed by atoms with Crippen molar-refractivity contribution >= 4 is 0 Å². The van der Waals surface area contributed by atoms with Gasteiger partial charge in [0.15, 0.2) is 0 Å². The van der Waals surface area contributed by atoms with E-state index in [1.54, 1.807) is 6.92 Å². The van der Waals surface area contributed by atoms with E-state index in [0.717, 1.165) is 37.9 Å². The fourth-order valence-corrected chi connectivity index (χ4v) is 1.77. The van der Waals surface area contributed by atoms with Crippen LogP contribution in [0.2, 0.25) is 0 Å². The smallest absolute Gasteiger partial charge is 0.126 e. The molecule has 0 radical (unpaired) electrons.